The van der Waals surface area contributed by atoms with Gasteiger partial charge in [0, 0.05) is 13.1 Å². The first kappa shape index (κ1) is 20.9. The molecule has 1 aliphatic heterocycles. The quantitative estimate of drug-likeness (QED) is 0.724. The second kappa shape index (κ2) is 9.03. The smallest absolute Gasteiger partial charge is 0.226 e. The molecule has 1 saturated heterocycles. The zero-order valence-electron chi connectivity index (χ0n) is 16.6. The number of likely N-dealkylation sites (tertiary alicyclic amines) is 1. The average molecular weight is 380 g/mol. The largest absolute Gasteiger partial charge is 0.342 e. The van der Waals surface area contributed by atoms with Crippen LogP contribution in [0.1, 0.15) is 64.0 Å². The number of amides is 1. The van der Waals surface area contributed by atoms with Crippen LogP contribution in [0.15, 0.2) is 24.3 Å². The molecule has 4 nitrogen and oxygen atoms in total. The molecule has 5 heteroatoms. The van der Waals surface area contributed by atoms with E-state index >= 15 is 0 Å². The number of hydrogen-bond acceptors (Lipinski definition) is 3. The molecule has 0 aromatic heterocycles. The minimum Gasteiger partial charge on any atom is -0.342 e. The molecule has 1 aromatic carbocycles. The summed E-state index contributed by atoms with van der Waals surface area (Å²) in [7, 11) is -3.00. The number of nitrogens with zero attached hydrogens (tertiary/aromatic N) is 1. The van der Waals surface area contributed by atoms with Gasteiger partial charge in [0.1, 0.15) is 0 Å². The van der Waals surface area contributed by atoms with Crippen molar-refractivity contribution in [1.82, 2.24) is 4.90 Å². The van der Waals surface area contributed by atoms with Crippen molar-refractivity contribution in [2.75, 3.05) is 18.8 Å². The predicted octanol–water partition coefficient (Wildman–Crippen LogP) is 3.80. The van der Waals surface area contributed by atoms with Crippen molar-refractivity contribution in [3.8, 4) is 0 Å². The van der Waals surface area contributed by atoms with Gasteiger partial charge in [-0.25, -0.2) is 8.42 Å². The van der Waals surface area contributed by atoms with Crippen molar-refractivity contribution in [3.63, 3.8) is 0 Å². The minimum absolute atomic E-state index is 0.145. The molecule has 1 fully saturated rings. The van der Waals surface area contributed by atoms with E-state index in [9.17, 15) is 13.2 Å². The number of sulfone groups is 1. The Morgan fingerprint density at radius 3 is 2.19 bits per heavy atom. The number of piperidine rings is 1. The third-order valence-electron chi connectivity index (χ3n) is 5.67. The van der Waals surface area contributed by atoms with E-state index in [0.29, 0.717) is 25.4 Å². The van der Waals surface area contributed by atoms with Gasteiger partial charge in [-0.2, -0.15) is 0 Å². The first-order valence-corrected chi connectivity index (χ1v) is 11.5. The Morgan fingerprint density at radius 1 is 1.12 bits per heavy atom. The van der Waals surface area contributed by atoms with Crippen LogP contribution in [0.4, 0.5) is 0 Å². The molecule has 0 aliphatic carbocycles. The summed E-state index contributed by atoms with van der Waals surface area (Å²) in [5.74, 6) is 1.12. The number of hydrogen-bond donors (Lipinski definition) is 0. The normalized spacial score (nSPS) is 17.5. The van der Waals surface area contributed by atoms with Gasteiger partial charge in [0.25, 0.3) is 0 Å². The summed E-state index contributed by atoms with van der Waals surface area (Å²) in [5, 5.41) is -0.319. The van der Waals surface area contributed by atoms with Gasteiger partial charge in [0.05, 0.1) is 17.4 Å². The fourth-order valence-electron chi connectivity index (χ4n) is 3.36. The van der Waals surface area contributed by atoms with Gasteiger partial charge < -0.3 is 4.90 Å². The average Bonchev–Trinajstić information content (AvgIpc) is 2.61. The number of benzene rings is 1. The molecule has 0 spiro atoms. The molecule has 26 heavy (non-hydrogen) atoms. The van der Waals surface area contributed by atoms with Crippen LogP contribution in [0.25, 0.3) is 0 Å². The summed E-state index contributed by atoms with van der Waals surface area (Å²) in [6.45, 7) is 9.20. The molecule has 2 rings (SSSR count). The Morgan fingerprint density at radius 2 is 1.69 bits per heavy atom. The van der Waals surface area contributed by atoms with Crippen LogP contribution in [0, 0.1) is 5.92 Å². The molecule has 0 radical (unpaired) electrons. The lowest BCUT2D eigenvalue weighted by atomic mass is 9.96. The van der Waals surface area contributed by atoms with E-state index in [1.807, 2.05) is 4.90 Å². The van der Waals surface area contributed by atoms with Gasteiger partial charge in [-0.3, -0.25) is 4.79 Å². The first-order valence-electron chi connectivity index (χ1n) is 9.81. The van der Waals surface area contributed by atoms with Crippen LogP contribution < -0.4 is 0 Å². The van der Waals surface area contributed by atoms with E-state index in [0.717, 1.165) is 24.8 Å². The van der Waals surface area contributed by atoms with Gasteiger partial charge in [-0.15, -0.1) is 0 Å². The van der Waals surface area contributed by atoms with E-state index in [4.69, 9.17) is 0 Å². The molecular weight excluding hydrogens is 346 g/mol. The molecule has 1 unspecified atom stereocenters. The van der Waals surface area contributed by atoms with E-state index < -0.39 is 9.84 Å². The molecule has 146 valence electrons. The van der Waals surface area contributed by atoms with Crippen LogP contribution in [-0.4, -0.2) is 43.3 Å². The Bertz CT molecular complexity index is 686. The SMILES string of the molecule is CCC(C)c1ccc(CC(=O)N2CCC(CS(=O)(=O)C(C)C)CC2)cc1. The minimum atomic E-state index is -3.00. The van der Waals surface area contributed by atoms with Crippen LogP contribution in [0.2, 0.25) is 0 Å². The van der Waals surface area contributed by atoms with Crippen molar-refractivity contribution >= 4 is 15.7 Å². The highest BCUT2D eigenvalue weighted by Crippen LogP contribution is 2.22. The Hall–Kier alpha value is -1.36. The standard InChI is InChI=1S/C21H33NO3S/c1-5-17(4)20-8-6-18(7-9-20)14-21(23)22-12-10-19(11-13-22)15-26(24,25)16(2)3/h6-9,16-17,19H,5,10-15H2,1-4H3. The van der Waals surface area contributed by atoms with E-state index in [1.54, 1.807) is 13.8 Å². The summed E-state index contributed by atoms with van der Waals surface area (Å²) in [4.78, 5) is 14.4. The highest BCUT2D eigenvalue weighted by Gasteiger charge is 2.27. The lowest BCUT2D eigenvalue weighted by Gasteiger charge is -2.32. The van der Waals surface area contributed by atoms with Crippen molar-refractivity contribution in [2.45, 2.75) is 64.5 Å². The summed E-state index contributed by atoms with van der Waals surface area (Å²) in [5.41, 5.74) is 2.36. The fraction of sp³-hybridized carbons (Fsp3) is 0.667. The summed E-state index contributed by atoms with van der Waals surface area (Å²) < 4.78 is 24.1. The highest BCUT2D eigenvalue weighted by molar-refractivity contribution is 7.91. The Balaban J connectivity index is 1.85. The maximum Gasteiger partial charge on any atom is 0.226 e. The van der Waals surface area contributed by atoms with E-state index in [1.165, 1.54) is 5.56 Å². The highest BCUT2D eigenvalue weighted by atomic mass is 32.2. The molecule has 1 amide bonds. The van der Waals surface area contributed by atoms with Crippen LogP contribution in [0.3, 0.4) is 0 Å². The van der Waals surface area contributed by atoms with Crippen LogP contribution in [0.5, 0.6) is 0 Å². The monoisotopic (exact) mass is 379 g/mol. The van der Waals surface area contributed by atoms with Gasteiger partial charge in [0.15, 0.2) is 9.84 Å². The molecule has 1 aliphatic rings. The molecule has 1 aromatic rings. The van der Waals surface area contributed by atoms with E-state index in [-0.39, 0.29) is 22.8 Å². The zero-order chi connectivity index (χ0) is 19.3. The number of rotatable bonds is 7. The third kappa shape index (κ3) is 5.57. The second-order valence-electron chi connectivity index (χ2n) is 7.93. The summed E-state index contributed by atoms with van der Waals surface area (Å²) in [6, 6.07) is 8.36. The fourth-order valence-corrected chi connectivity index (χ4v) is 4.73. The zero-order valence-corrected chi connectivity index (χ0v) is 17.4. The van der Waals surface area contributed by atoms with Crippen LogP contribution in [-0.2, 0) is 21.1 Å². The third-order valence-corrected chi connectivity index (χ3v) is 8.04. The van der Waals surface area contributed by atoms with Crippen molar-refractivity contribution in [1.29, 1.82) is 0 Å². The lowest BCUT2D eigenvalue weighted by Crippen LogP contribution is -2.41. The van der Waals surface area contributed by atoms with Crippen molar-refractivity contribution in [2.24, 2.45) is 5.92 Å². The lowest BCUT2D eigenvalue weighted by molar-refractivity contribution is -0.131. The molecule has 1 heterocycles. The maximum absolute atomic E-state index is 12.6. The van der Waals surface area contributed by atoms with Gasteiger partial charge in [-0.05, 0) is 56.1 Å². The molecule has 0 bridgehead atoms. The van der Waals surface area contributed by atoms with Gasteiger partial charge in [0.2, 0.25) is 5.91 Å². The van der Waals surface area contributed by atoms with Crippen molar-refractivity contribution in [3.05, 3.63) is 35.4 Å². The van der Waals surface area contributed by atoms with Crippen LogP contribution >= 0.6 is 0 Å². The second-order valence-corrected chi connectivity index (χ2v) is 10.5. The first-order chi connectivity index (χ1) is 12.2. The van der Waals surface area contributed by atoms with Gasteiger partial charge in [-0.1, -0.05) is 38.1 Å². The van der Waals surface area contributed by atoms with Crippen molar-refractivity contribution < 1.29 is 13.2 Å². The number of carbonyl (C=O) groups excluding carboxylic acids is 1. The van der Waals surface area contributed by atoms with Gasteiger partial charge >= 0.3 is 0 Å². The molecular formula is C21H33NO3S. The number of carbonyl (C=O) groups is 1. The maximum atomic E-state index is 12.6. The summed E-state index contributed by atoms with van der Waals surface area (Å²) >= 11 is 0. The molecule has 0 saturated carbocycles. The molecule has 1 atom stereocenters. The topological polar surface area (TPSA) is 54.5 Å². The molecule has 0 N–H and O–H groups in total. The predicted molar refractivity (Wildman–Crippen MR) is 107 cm³/mol. The Labute approximate surface area is 158 Å². The van der Waals surface area contributed by atoms with E-state index in [2.05, 4.69) is 38.1 Å². The Kier molecular flexibility index (Phi) is 7.27. The summed E-state index contributed by atoms with van der Waals surface area (Å²) in [6.07, 6.45) is 3.10.